The van der Waals surface area contributed by atoms with E-state index in [4.69, 9.17) is 5.73 Å². The molecule has 6 heteroatoms. The lowest BCUT2D eigenvalue weighted by molar-refractivity contribution is 0.158. The van der Waals surface area contributed by atoms with Gasteiger partial charge in [-0.15, -0.1) is 24.0 Å². The molecule has 3 nitrogen and oxygen atoms in total. The molecule has 0 aliphatic carbocycles. The molecule has 3 N–H and O–H groups in total. The predicted octanol–water partition coefficient (Wildman–Crippen LogP) is 2.91. The quantitative estimate of drug-likeness (QED) is 0.498. The molecule has 0 heterocycles. The number of rotatable bonds is 3. The fourth-order valence-electron chi connectivity index (χ4n) is 1.40. The average molecular weight is 355 g/mol. The molecule has 96 valence electrons. The van der Waals surface area contributed by atoms with Gasteiger partial charge in [0.25, 0.3) is 6.43 Å². The minimum atomic E-state index is -2.47. The zero-order chi connectivity index (χ0) is 12.1. The fraction of sp³-hybridized carbons (Fsp3) is 0.364. The van der Waals surface area contributed by atoms with Crippen LogP contribution in [0.15, 0.2) is 23.2 Å². The van der Waals surface area contributed by atoms with Crippen LogP contribution in [0.25, 0.3) is 0 Å². The molecule has 1 aromatic rings. The summed E-state index contributed by atoms with van der Waals surface area (Å²) >= 11 is 0. The second-order valence-electron chi connectivity index (χ2n) is 3.62. The minimum Gasteiger partial charge on any atom is -0.370 e. The van der Waals surface area contributed by atoms with E-state index in [1.165, 1.54) is 0 Å². The predicted molar refractivity (Wildman–Crippen MR) is 77.4 cm³/mol. The first-order valence-electron chi connectivity index (χ1n) is 4.91. The lowest BCUT2D eigenvalue weighted by atomic mass is 10.1. The summed E-state index contributed by atoms with van der Waals surface area (Å²) in [5.74, 6) is 0.00491. The van der Waals surface area contributed by atoms with Crippen molar-refractivity contribution >= 4 is 35.6 Å². The summed E-state index contributed by atoms with van der Waals surface area (Å²) in [5.41, 5.74) is 8.36. The van der Waals surface area contributed by atoms with Crippen molar-refractivity contribution in [3.63, 3.8) is 0 Å². The minimum absolute atomic E-state index is 0. The van der Waals surface area contributed by atoms with Crippen LogP contribution in [0.3, 0.4) is 0 Å². The molecule has 0 amide bonds. The first kappa shape index (κ1) is 16.1. The second-order valence-corrected chi connectivity index (χ2v) is 3.62. The van der Waals surface area contributed by atoms with Gasteiger partial charge in [-0.05, 0) is 37.1 Å². The van der Waals surface area contributed by atoms with Gasteiger partial charge in [-0.1, -0.05) is 6.07 Å². The number of aliphatic imine (C=N–C) groups is 1. The molecule has 1 aromatic carbocycles. The number of hydrogen-bond acceptors (Lipinski definition) is 1. The molecule has 1 rings (SSSR count). The first-order chi connectivity index (χ1) is 7.47. The van der Waals surface area contributed by atoms with Crippen molar-refractivity contribution in [1.29, 1.82) is 0 Å². The van der Waals surface area contributed by atoms with Crippen LogP contribution in [0.1, 0.15) is 11.1 Å². The standard InChI is InChI=1S/C11H15F2N3.HI/c1-7-3-8(2)5-9(4-7)16-11(14)15-6-10(12)13;/h3-5,10H,6H2,1-2H3,(H3,14,15,16);1H. The number of halogens is 3. The highest BCUT2D eigenvalue weighted by molar-refractivity contribution is 14.0. The summed E-state index contributed by atoms with van der Waals surface area (Å²) < 4.78 is 23.7. The van der Waals surface area contributed by atoms with E-state index in [0.29, 0.717) is 0 Å². The van der Waals surface area contributed by atoms with Crippen molar-refractivity contribution in [3.8, 4) is 0 Å². The second kappa shape index (κ2) is 7.41. The monoisotopic (exact) mass is 355 g/mol. The van der Waals surface area contributed by atoms with Gasteiger partial charge in [-0.3, -0.25) is 0 Å². The van der Waals surface area contributed by atoms with E-state index >= 15 is 0 Å². The molecule has 0 fully saturated rings. The van der Waals surface area contributed by atoms with E-state index < -0.39 is 13.0 Å². The SMILES string of the molecule is Cc1cc(C)cc(NC(N)=NCC(F)F)c1.I. The molecular formula is C11H16F2IN3. The van der Waals surface area contributed by atoms with Crippen molar-refractivity contribution in [2.75, 3.05) is 11.9 Å². The summed E-state index contributed by atoms with van der Waals surface area (Å²) in [5, 5.41) is 2.77. The summed E-state index contributed by atoms with van der Waals surface area (Å²) in [7, 11) is 0. The first-order valence-corrected chi connectivity index (χ1v) is 4.91. The molecule has 0 spiro atoms. The highest BCUT2D eigenvalue weighted by atomic mass is 127. The lowest BCUT2D eigenvalue weighted by Crippen LogP contribution is -2.23. The molecule has 0 aliphatic rings. The van der Waals surface area contributed by atoms with Gasteiger partial charge in [0.2, 0.25) is 0 Å². The number of alkyl halides is 2. The Morgan fingerprint density at radius 1 is 1.29 bits per heavy atom. The maximum atomic E-state index is 11.9. The van der Waals surface area contributed by atoms with Crippen LogP contribution < -0.4 is 11.1 Å². The maximum absolute atomic E-state index is 11.9. The number of anilines is 1. The Balaban J connectivity index is 0.00000256. The van der Waals surface area contributed by atoms with E-state index in [9.17, 15) is 8.78 Å². The van der Waals surface area contributed by atoms with Crippen molar-refractivity contribution in [2.24, 2.45) is 10.7 Å². The number of aryl methyl sites for hydroxylation is 2. The number of guanidine groups is 1. The van der Waals surface area contributed by atoms with Gasteiger partial charge >= 0.3 is 0 Å². The molecule has 0 aliphatic heterocycles. The maximum Gasteiger partial charge on any atom is 0.257 e. The topological polar surface area (TPSA) is 50.4 Å². The molecular weight excluding hydrogens is 339 g/mol. The smallest absolute Gasteiger partial charge is 0.257 e. The van der Waals surface area contributed by atoms with Gasteiger partial charge in [0, 0.05) is 5.69 Å². The van der Waals surface area contributed by atoms with Gasteiger partial charge in [0.1, 0.15) is 6.54 Å². The zero-order valence-corrected chi connectivity index (χ0v) is 12.0. The van der Waals surface area contributed by atoms with E-state index in [0.717, 1.165) is 16.8 Å². The molecule has 0 radical (unpaired) electrons. The Labute approximate surface area is 117 Å². The third-order valence-electron chi connectivity index (χ3n) is 1.89. The van der Waals surface area contributed by atoms with Crippen LogP contribution in [0.5, 0.6) is 0 Å². The molecule has 17 heavy (non-hydrogen) atoms. The van der Waals surface area contributed by atoms with Crippen LogP contribution >= 0.6 is 24.0 Å². The van der Waals surface area contributed by atoms with Gasteiger partial charge < -0.3 is 11.1 Å². The normalized spacial score (nSPS) is 11.2. The number of nitrogens with two attached hydrogens (primary N) is 1. The third kappa shape index (κ3) is 6.40. The Morgan fingerprint density at radius 3 is 2.29 bits per heavy atom. The van der Waals surface area contributed by atoms with Gasteiger partial charge in [0.05, 0.1) is 0 Å². The fourth-order valence-corrected chi connectivity index (χ4v) is 1.40. The van der Waals surface area contributed by atoms with E-state index in [1.54, 1.807) is 0 Å². The lowest BCUT2D eigenvalue weighted by Gasteiger charge is -2.07. The van der Waals surface area contributed by atoms with Crippen molar-refractivity contribution < 1.29 is 8.78 Å². The number of hydrogen-bond donors (Lipinski definition) is 2. The molecule has 0 saturated carbocycles. The highest BCUT2D eigenvalue weighted by Gasteiger charge is 2.01. The number of nitrogens with zero attached hydrogens (tertiary/aromatic N) is 1. The summed E-state index contributed by atoms with van der Waals surface area (Å²) in [6.07, 6.45) is -2.47. The van der Waals surface area contributed by atoms with Crippen LogP contribution in [0.4, 0.5) is 14.5 Å². The van der Waals surface area contributed by atoms with E-state index in [2.05, 4.69) is 10.3 Å². The van der Waals surface area contributed by atoms with E-state index in [1.807, 2.05) is 32.0 Å². The van der Waals surface area contributed by atoms with Gasteiger partial charge in [0.15, 0.2) is 5.96 Å². The van der Waals surface area contributed by atoms with Crippen molar-refractivity contribution in [2.45, 2.75) is 20.3 Å². The van der Waals surface area contributed by atoms with Crippen LogP contribution in [0, 0.1) is 13.8 Å². The molecule has 0 unspecified atom stereocenters. The van der Waals surface area contributed by atoms with Crippen LogP contribution in [0.2, 0.25) is 0 Å². The Kier molecular flexibility index (Phi) is 7.01. The summed E-state index contributed by atoms with van der Waals surface area (Å²) in [4.78, 5) is 3.51. The summed E-state index contributed by atoms with van der Waals surface area (Å²) in [6.45, 7) is 3.32. The Morgan fingerprint density at radius 2 is 1.82 bits per heavy atom. The van der Waals surface area contributed by atoms with Crippen LogP contribution in [-0.4, -0.2) is 18.9 Å². The molecule has 0 atom stereocenters. The molecule has 0 saturated heterocycles. The van der Waals surface area contributed by atoms with E-state index in [-0.39, 0.29) is 29.9 Å². The Bertz CT molecular complexity index is 374. The van der Waals surface area contributed by atoms with Gasteiger partial charge in [-0.2, -0.15) is 0 Å². The van der Waals surface area contributed by atoms with Crippen molar-refractivity contribution in [1.82, 2.24) is 0 Å². The zero-order valence-electron chi connectivity index (χ0n) is 9.71. The highest BCUT2D eigenvalue weighted by Crippen LogP contribution is 2.13. The average Bonchev–Trinajstić information content (AvgIpc) is 2.12. The summed E-state index contributed by atoms with van der Waals surface area (Å²) in [6, 6.07) is 5.76. The van der Waals surface area contributed by atoms with Crippen LogP contribution in [-0.2, 0) is 0 Å². The Hall–Kier alpha value is -0.920. The molecule has 0 aromatic heterocycles. The number of benzene rings is 1. The number of nitrogens with one attached hydrogen (secondary N) is 1. The largest absolute Gasteiger partial charge is 0.370 e. The molecule has 0 bridgehead atoms. The van der Waals surface area contributed by atoms with Gasteiger partial charge in [-0.25, -0.2) is 13.8 Å². The van der Waals surface area contributed by atoms with Crippen molar-refractivity contribution in [3.05, 3.63) is 29.3 Å². The third-order valence-corrected chi connectivity index (χ3v) is 1.89.